The molecule has 3 nitrogen and oxygen atoms in total. The van der Waals surface area contributed by atoms with Crippen LogP contribution in [0.15, 0.2) is 42.5 Å². The first kappa shape index (κ1) is 14.9. The third-order valence-corrected chi connectivity index (χ3v) is 3.98. The van der Waals surface area contributed by atoms with E-state index in [4.69, 9.17) is 9.47 Å². The van der Waals surface area contributed by atoms with E-state index in [9.17, 15) is 4.39 Å². The van der Waals surface area contributed by atoms with E-state index in [2.05, 4.69) is 11.4 Å². The van der Waals surface area contributed by atoms with Crippen molar-refractivity contribution in [2.45, 2.75) is 18.9 Å². The van der Waals surface area contributed by atoms with Crippen molar-refractivity contribution < 1.29 is 13.9 Å². The SMILES string of the molecule is COc1ccc2c(c1)OCCC2NCCc1ccc(F)cc1. The summed E-state index contributed by atoms with van der Waals surface area (Å²) in [6.07, 6.45) is 1.83. The largest absolute Gasteiger partial charge is 0.497 e. The number of hydrogen-bond acceptors (Lipinski definition) is 3. The molecule has 1 heterocycles. The van der Waals surface area contributed by atoms with Crippen LogP contribution in [0, 0.1) is 5.82 Å². The molecule has 1 aliphatic rings. The maximum absolute atomic E-state index is 12.9. The Labute approximate surface area is 130 Å². The molecule has 3 rings (SSSR count). The molecule has 0 bridgehead atoms. The number of ether oxygens (including phenoxy) is 2. The molecule has 2 aromatic carbocycles. The van der Waals surface area contributed by atoms with Crippen LogP contribution in [0.1, 0.15) is 23.6 Å². The Bertz CT molecular complexity index is 627. The van der Waals surface area contributed by atoms with Gasteiger partial charge in [0.1, 0.15) is 17.3 Å². The van der Waals surface area contributed by atoms with Crippen LogP contribution in [0.3, 0.4) is 0 Å². The number of rotatable bonds is 5. The van der Waals surface area contributed by atoms with Gasteiger partial charge >= 0.3 is 0 Å². The summed E-state index contributed by atoms with van der Waals surface area (Å²) < 4.78 is 23.8. The standard InChI is InChI=1S/C18H20FNO2/c1-21-15-6-7-16-17(9-11-22-18(16)12-15)20-10-8-13-2-4-14(19)5-3-13/h2-7,12,17,20H,8-11H2,1H3. The first-order valence-electron chi connectivity index (χ1n) is 7.55. The number of fused-ring (bicyclic) bond motifs is 1. The smallest absolute Gasteiger partial charge is 0.127 e. The Morgan fingerprint density at radius 1 is 1.23 bits per heavy atom. The van der Waals surface area contributed by atoms with E-state index in [1.807, 2.05) is 24.3 Å². The second kappa shape index (κ2) is 6.79. The fraction of sp³-hybridized carbons (Fsp3) is 0.333. The predicted molar refractivity (Wildman–Crippen MR) is 84.0 cm³/mol. The van der Waals surface area contributed by atoms with Crippen molar-refractivity contribution >= 4 is 0 Å². The van der Waals surface area contributed by atoms with Crippen molar-refractivity contribution in [1.29, 1.82) is 0 Å². The summed E-state index contributed by atoms with van der Waals surface area (Å²) in [7, 11) is 1.66. The van der Waals surface area contributed by atoms with E-state index < -0.39 is 0 Å². The van der Waals surface area contributed by atoms with Crippen LogP contribution in [0.5, 0.6) is 11.5 Å². The van der Waals surface area contributed by atoms with Gasteiger partial charge in [-0.05, 0) is 36.7 Å². The fourth-order valence-electron chi connectivity index (χ4n) is 2.75. The highest BCUT2D eigenvalue weighted by Gasteiger charge is 2.21. The van der Waals surface area contributed by atoms with Gasteiger partial charge in [-0.2, -0.15) is 0 Å². The number of nitrogens with one attached hydrogen (secondary N) is 1. The van der Waals surface area contributed by atoms with Crippen LogP contribution in [0.25, 0.3) is 0 Å². The Morgan fingerprint density at radius 3 is 2.82 bits per heavy atom. The van der Waals surface area contributed by atoms with Gasteiger partial charge in [-0.3, -0.25) is 0 Å². The minimum atomic E-state index is -0.191. The molecule has 0 saturated carbocycles. The summed E-state index contributed by atoms with van der Waals surface area (Å²) in [5.41, 5.74) is 2.31. The molecule has 0 radical (unpaired) electrons. The van der Waals surface area contributed by atoms with E-state index in [0.717, 1.165) is 36.4 Å². The van der Waals surface area contributed by atoms with Gasteiger partial charge in [-0.1, -0.05) is 18.2 Å². The molecule has 1 atom stereocenters. The third-order valence-electron chi connectivity index (χ3n) is 3.98. The topological polar surface area (TPSA) is 30.5 Å². The van der Waals surface area contributed by atoms with Crippen LogP contribution in [-0.2, 0) is 6.42 Å². The zero-order chi connectivity index (χ0) is 15.4. The molecule has 0 amide bonds. The van der Waals surface area contributed by atoms with E-state index >= 15 is 0 Å². The summed E-state index contributed by atoms with van der Waals surface area (Å²) in [6, 6.07) is 12.9. The molecule has 2 aromatic rings. The molecule has 22 heavy (non-hydrogen) atoms. The minimum Gasteiger partial charge on any atom is -0.497 e. The molecule has 1 aliphatic heterocycles. The first-order valence-corrected chi connectivity index (χ1v) is 7.55. The highest BCUT2D eigenvalue weighted by atomic mass is 19.1. The van der Waals surface area contributed by atoms with E-state index in [-0.39, 0.29) is 11.9 Å². The number of hydrogen-bond donors (Lipinski definition) is 1. The van der Waals surface area contributed by atoms with Crippen LogP contribution in [-0.4, -0.2) is 20.3 Å². The lowest BCUT2D eigenvalue weighted by Crippen LogP contribution is -2.28. The number of methoxy groups -OCH3 is 1. The molecule has 0 saturated heterocycles. The zero-order valence-corrected chi connectivity index (χ0v) is 12.6. The third kappa shape index (κ3) is 3.39. The van der Waals surface area contributed by atoms with Crippen molar-refractivity contribution in [1.82, 2.24) is 5.32 Å². The van der Waals surface area contributed by atoms with Crippen LogP contribution in [0.2, 0.25) is 0 Å². The monoisotopic (exact) mass is 301 g/mol. The molecule has 1 unspecified atom stereocenters. The summed E-state index contributed by atoms with van der Waals surface area (Å²) in [6.45, 7) is 1.55. The Morgan fingerprint density at radius 2 is 2.05 bits per heavy atom. The summed E-state index contributed by atoms with van der Waals surface area (Å²) in [4.78, 5) is 0. The number of halogens is 1. The van der Waals surface area contributed by atoms with Crippen LogP contribution < -0.4 is 14.8 Å². The van der Waals surface area contributed by atoms with Gasteiger partial charge in [0, 0.05) is 24.1 Å². The Balaban J connectivity index is 1.61. The summed E-state index contributed by atoms with van der Waals surface area (Å²) in [5.74, 6) is 1.51. The highest BCUT2D eigenvalue weighted by Crippen LogP contribution is 2.34. The summed E-state index contributed by atoms with van der Waals surface area (Å²) in [5, 5.41) is 3.56. The lowest BCUT2D eigenvalue weighted by Gasteiger charge is -2.27. The van der Waals surface area contributed by atoms with Crippen LogP contribution in [0.4, 0.5) is 4.39 Å². The molecule has 0 aromatic heterocycles. The lowest BCUT2D eigenvalue weighted by atomic mass is 10.00. The predicted octanol–water partition coefficient (Wildman–Crippen LogP) is 3.49. The second-order valence-corrected chi connectivity index (χ2v) is 5.42. The van der Waals surface area contributed by atoms with Crippen LogP contribution >= 0.6 is 0 Å². The van der Waals surface area contributed by atoms with Gasteiger partial charge < -0.3 is 14.8 Å². The molecule has 4 heteroatoms. The van der Waals surface area contributed by atoms with Crippen molar-refractivity contribution in [2.24, 2.45) is 0 Å². The Hall–Kier alpha value is -2.07. The molecule has 0 fully saturated rings. The molecule has 116 valence electrons. The number of benzene rings is 2. The van der Waals surface area contributed by atoms with Crippen molar-refractivity contribution in [3.8, 4) is 11.5 Å². The van der Waals surface area contributed by atoms with Gasteiger partial charge in [0.05, 0.1) is 13.7 Å². The maximum Gasteiger partial charge on any atom is 0.127 e. The average Bonchev–Trinajstić information content (AvgIpc) is 2.56. The van der Waals surface area contributed by atoms with Gasteiger partial charge in [-0.25, -0.2) is 4.39 Å². The minimum absolute atomic E-state index is 0.191. The normalized spacial score (nSPS) is 16.7. The van der Waals surface area contributed by atoms with E-state index in [1.165, 1.54) is 17.7 Å². The second-order valence-electron chi connectivity index (χ2n) is 5.42. The van der Waals surface area contributed by atoms with E-state index in [0.29, 0.717) is 6.61 Å². The first-order chi connectivity index (χ1) is 10.8. The van der Waals surface area contributed by atoms with Gasteiger partial charge in [0.15, 0.2) is 0 Å². The molecule has 0 aliphatic carbocycles. The highest BCUT2D eigenvalue weighted by molar-refractivity contribution is 5.43. The summed E-state index contributed by atoms with van der Waals surface area (Å²) >= 11 is 0. The maximum atomic E-state index is 12.9. The lowest BCUT2D eigenvalue weighted by molar-refractivity contribution is 0.251. The van der Waals surface area contributed by atoms with Gasteiger partial charge in [0.25, 0.3) is 0 Å². The van der Waals surface area contributed by atoms with Gasteiger partial charge in [0.2, 0.25) is 0 Å². The van der Waals surface area contributed by atoms with Crippen molar-refractivity contribution in [3.05, 3.63) is 59.4 Å². The Kier molecular flexibility index (Phi) is 4.59. The molecular weight excluding hydrogens is 281 g/mol. The van der Waals surface area contributed by atoms with Crippen molar-refractivity contribution in [2.75, 3.05) is 20.3 Å². The van der Waals surface area contributed by atoms with Crippen molar-refractivity contribution in [3.63, 3.8) is 0 Å². The average molecular weight is 301 g/mol. The fourth-order valence-corrected chi connectivity index (χ4v) is 2.75. The van der Waals surface area contributed by atoms with Gasteiger partial charge in [-0.15, -0.1) is 0 Å². The molecule has 1 N–H and O–H groups in total. The van der Waals surface area contributed by atoms with E-state index in [1.54, 1.807) is 7.11 Å². The molecule has 0 spiro atoms. The molecular formula is C18H20FNO2. The quantitative estimate of drug-likeness (QED) is 0.917. The zero-order valence-electron chi connectivity index (χ0n) is 12.6.